The van der Waals surface area contributed by atoms with E-state index in [0.717, 1.165) is 27.7 Å². The molecule has 0 saturated carbocycles. The predicted octanol–water partition coefficient (Wildman–Crippen LogP) is 5.49. The first-order chi connectivity index (χ1) is 12.5. The molecule has 2 heterocycles. The minimum Gasteiger partial charge on any atom is -0.378 e. The van der Waals surface area contributed by atoms with E-state index in [2.05, 4.69) is 96.6 Å². The Hall–Kier alpha value is -2.79. The van der Waals surface area contributed by atoms with Crippen LogP contribution in [0.1, 0.15) is 11.1 Å². The highest BCUT2D eigenvalue weighted by Crippen LogP contribution is 2.33. The van der Waals surface area contributed by atoms with Gasteiger partial charge in [0.05, 0.1) is 0 Å². The van der Waals surface area contributed by atoms with Crippen molar-refractivity contribution in [1.29, 1.82) is 0 Å². The van der Waals surface area contributed by atoms with Gasteiger partial charge in [0.2, 0.25) is 0 Å². The Morgan fingerprint density at radius 2 is 1.69 bits per heavy atom. The average Bonchev–Trinajstić information content (AvgIpc) is 3.17. The minimum absolute atomic E-state index is 0.973. The van der Waals surface area contributed by atoms with E-state index in [0.29, 0.717) is 0 Å². The lowest BCUT2D eigenvalue weighted by Crippen LogP contribution is -2.07. The standard InChI is InChI=1S/C21H22N4S/c1-14-11-15(2)13-17(12-14)22-20-19(23-21-25(20)9-10-26-21)16-5-7-18(8-6-16)24(3)4/h5-13,22H,1-4H3. The molecule has 4 rings (SSSR count). The van der Waals surface area contributed by atoms with Gasteiger partial charge in [0.25, 0.3) is 0 Å². The number of aryl methyl sites for hydroxylation is 2. The molecule has 0 radical (unpaired) electrons. The van der Waals surface area contributed by atoms with Crippen molar-refractivity contribution in [1.82, 2.24) is 9.38 Å². The fraction of sp³-hybridized carbons (Fsp3) is 0.190. The van der Waals surface area contributed by atoms with Crippen LogP contribution >= 0.6 is 11.3 Å². The SMILES string of the molecule is Cc1cc(C)cc(Nc2c(-c3ccc(N(C)C)cc3)nc3sccn23)c1. The number of rotatable bonds is 4. The number of nitrogens with one attached hydrogen (secondary N) is 1. The fourth-order valence-corrected chi connectivity index (χ4v) is 3.92. The van der Waals surface area contributed by atoms with E-state index in [4.69, 9.17) is 4.98 Å². The molecule has 0 aliphatic rings. The molecule has 0 fully saturated rings. The molecule has 1 N–H and O–H groups in total. The summed E-state index contributed by atoms with van der Waals surface area (Å²) >= 11 is 1.65. The van der Waals surface area contributed by atoms with Crippen molar-refractivity contribution in [3.63, 3.8) is 0 Å². The molecule has 4 nitrogen and oxygen atoms in total. The van der Waals surface area contributed by atoms with Crippen molar-refractivity contribution in [2.24, 2.45) is 0 Å². The molecular weight excluding hydrogens is 340 g/mol. The molecule has 0 spiro atoms. The van der Waals surface area contributed by atoms with Crippen LogP contribution in [-0.2, 0) is 0 Å². The average molecular weight is 363 g/mol. The number of fused-ring (bicyclic) bond motifs is 1. The Morgan fingerprint density at radius 1 is 1.00 bits per heavy atom. The van der Waals surface area contributed by atoms with Gasteiger partial charge < -0.3 is 10.2 Å². The first-order valence-corrected chi connectivity index (χ1v) is 9.48. The van der Waals surface area contributed by atoms with E-state index in [1.165, 1.54) is 16.8 Å². The van der Waals surface area contributed by atoms with Crippen molar-refractivity contribution in [3.8, 4) is 11.3 Å². The van der Waals surface area contributed by atoms with Gasteiger partial charge in [-0.25, -0.2) is 4.98 Å². The summed E-state index contributed by atoms with van der Waals surface area (Å²) in [6.45, 7) is 4.24. The van der Waals surface area contributed by atoms with E-state index >= 15 is 0 Å². The molecule has 2 aromatic carbocycles. The molecule has 2 aromatic heterocycles. The summed E-state index contributed by atoms with van der Waals surface area (Å²) in [5.41, 5.74) is 6.84. The van der Waals surface area contributed by atoms with Gasteiger partial charge in [-0.2, -0.15) is 0 Å². The second kappa shape index (κ2) is 6.50. The lowest BCUT2D eigenvalue weighted by Gasteiger charge is -2.13. The van der Waals surface area contributed by atoms with Crippen LogP contribution in [0.2, 0.25) is 0 Å². The Bertz CT molecular complexity index is 1040. The summed E-state index contributed by atoms with van der Waals surface area (Å²) in [6, 6.07) is 15.0. The Balaban J connectivity index is 1.80. The number of benzene rings is 2. The molecule has 0 saturated heterocycles. The maximum Gasteiger partial charge on any atom is 0.195 e. The topological polar surface area (TPSA) is 32.6 Å². The van der Waals surface area contributed by atoms with Gasteiger partial charge in [-0.05, 0) is 49.2 Å². The van der Waals surface area contributed by atoms with Crippen molar-refractivity contribution in [3.05, 3.63) is 65.2 Å². The number of nitrogens with zero attached hydrogens (tertiary/aromatic N) is 3. The van der Waals surface area contributed by atoms with Crippen LogP contribution < -0.4 is 10.2 Å². The van der Waals surface area contributed by atoms with Crippen molar-refractivity contribution < 1.29 is 0 Å². The number of anilines is 3. The van der Waals surface area contributed by atoms with Crippen LogP contribution in [0.25, 0.3) is 16.2 Å². The van der Waals surface area contributed by atoms with Crippen molar-refractivity contribution in [2.45, 2.75) is 13.8 Å². The second-order valence-corrected chi connectivity index (χ2v) is 7.68. The predicted molar refractivity (Wildman–Crippen MR) is 112 cm³/mol. The Kier molecular flexibility index (Phi) is 4.17. The van der Waals surface area contributed by atoms with Crippen LogP contribution in [0.15, 0.2) is 54.0 Å². The molecule has 0 aliphatic carbocycles. The highest BCUT2D eigenvalue weighted by Gasteiger charge is 2.15. The summed E-state index contributed by atoms with van der Waals surface area (Å²) in [6.07, 6.45) is 2.07. The molecule has 0 amide bonds. The maximum atomic E-state index is 4.86. The zero-order chi connectivity index (χ0) is 18.3. The highest BCUT2D eigenvalue weighted by atomic mass is 32.1. The van der Waals surface area contributed by atoms with E-state index in [9.17, 15) is 0 Å². The fourth-order valence-electron chi connectivity index (χ4n) is 3.21. The third kappa shape index (κ3) is 3.06. The van der Waals surface area contributed by atoms with Gasteiger partial charge in [-0.15, -0.1) is 11.3 Å². The lowest BCUT2D eigenvalue weighted by atomic mass is 10.1. The van der Waals surface area contributed by atoms with Crippen LogP contribution in [0.3, 0.4) is 0 Å². The Morgan fingerprint density at radius 3 is 2.35 bits per heavy atom. The van der Waals surface area contributed by atoms with Crippen molar-refractivity contribution >= 4 is 33.5 Å². The molecule has 0 atom stereocenters. The van der Waals surface area contributed by atoms with Crippen LogP contribution in [0, 0.1) is 13.8 Å². The minimum atomic E-state index is 0.973. The molecule has 5 heteroatoms. The largest absolute Gasteiger partial charge is 0.378 e. The van der Waals surface area contributed by atoms with Gasteiger partial charge in [0.1, 0.15) is 11.5 Å². The molecule has 4 aromatic rings. The summed E-state index contributed by atoms with van der Waals surface area (Å²) in [7, 11) is 4.10. The number of hydrogen-bond donors (Lipinski definition) is 1. The maximum absolute atomic E-state index is 4.86. The van der Waals surface area contributed by atoms with Gasteiger partial charge in [-0.1, -0.05) is 18.2 Å². The first-order valence-electron chi connectivity index (χ1n) is 8.60. The van der Waals surface area contributed by atoms with Gasteiger partial charge >= 0.3 is 0 Å². The van der Waals surface area contributed by atoms with Crippen LogP contribution in [-0.4, -0.2) is 23.5 Å². The highest BCUT2D eigenvalue weighted by molar-refractivity contribution is 7.15. The summed E-state index contributed by atoms with van der Waals surface area (Å²) in [4.78, 5) is 7.95. The van der Waals surface area contributed by atoms with E-state index < -0.39 is 0 Å². The van der Waals surface area contributed by atoms with Gasteiger partial charge in [0.15, 0.2) is 4.96 Å². The molecule has 0 unspecified atom stereocenters. The normalized spacial score (nSPS) is 11.1. The van der Waals surface area contributed by atoms with Gasteiger partial charge in [0, 0.05) is 42.6 Å². The Labute approximate surface area is 157 Å². The number of hydrogen-bond acceptors (Lipinski definition) is 4. The molecule has 132 valence electrons. The number of aromatic nitrogens is 2. The molecule has 26 heavy (non-hydrogen) atoms. The third-order valence-electron chi connectivity index (χ3n) is 4.40. The van der Waals surface area contributed by atoms with E-state index in [-0.39, 0.29) is 0 Å². The molecular formula is C21H22N4S. The summed E-state index contributed by atoms with van der Waals surface area (Å²) < 4.78 is 2.12. The zero-order valence-electron chi connectivity index (χ0n) is 15.4. The summed E-state index contributed by atoms with van der Waals surface area (Å²) in [5, 5.41) is 5.66. The second-order valence-electron chi connectivity index (χ2n) is 6.81. The molecule has 0 bridgehead atoms. The van der Waals surface area contributed by atoms with E-state index in [1.54, 1.807) is 11.3 Å². The lowest BCUT2D eigenvalue weighted by molar-refractivity contribution is 1.13. The van der Waals surface area contributed by atoms with E-state index in [1.807, 2.05) is 0 Å². The zero-order valence-corrected chi connectivity index (χ0v) is 16.3. The van der Waals surface area contributed by atoms with Crippen molar-refractivity contribution in [2.75, 3.05) is 24.3 Å². The van der Waals surface area contributed by atoms with Crippen LogP contribution in [0.5, 0.6) is 0 Å². The quantitative estimate of drug-likeness (QED) is 0.521. The smallest absolute Gasteiger partial charge is 0.195 e. The first kappa shape index (κ1) is 16.7. The molecule has 0 aliphatic heterocycles. The van der Waals surface area contributed by atoms with Crippen LogP contribution in [0.4, 0.5) is 17.2 Å². The third-order valence-corrected chi connectivity index (χ3v) is 5.16. The summed E-state index contributed by atoms with van der Waals surface area (Å²) in [5.74, 6) is 1.00. The monoisotopic (exact) mass is 362 g/mol. The van der Waals surface area contributed by atoms with Gasteiger partial charge in [-0.3, -0.25) is 4.40 Å². The number of thiazole rings is 1. The number of imidazole rings is 1.